The van der Waals surface area contributed by atoms with Crippen molar-refractivity contribution in [2.75, 3.05) is 7.11 Å². The summed E-state index contributed by atoms with van der Waals surface area (Å²) in [6.07, 6.45) is 6.10. The first kappa shape index (κ1) is 19.8. The van der Waals surface area contributed by atoms with Gasteiger partial charge in [0.15, 0.2) is 8.32 Å². The lowest BCUT2D eigenvalue weighted by atomic mass is 9.60. The minimum Gasteiger partial charge on any atom is -0.469 e. The molecule has 5 fully saturated rings. The van der Waals surface area contributed by atoms with Crippen molar-refractivity contribution in [3.05, 3.63) is 12.2 Å². The lowest BCUT2D eigenvalue weighted by molar-refractivity contribution is -0.163. The molecule has 4 bridgehead atoms. The molecule has 5 rings (SSSR count). The Bertz CT molecular complexity index is 817. The number of methoxy groups -OCH3 is 1. The van der Waals surface area contributed by atoms with Crippen LogP contribution in [-0.4, -0.2) is 38.6 Å². The molecule has 4 aliphatic carbocycles. The second-order valence-electron chi connectivity index (χ2n) is 11.6. The van der Waals surface area contributed by atoms with Crippen LogP contribution < -0.4 is 0 Å². The van der Waals surface area contributed by atoms with E-state index in [1.165, 1.54) is 7.11 Å². The maximum absolute atomic E-state index is 13.3. The third-order valence-corrected chi connectivity index (χ3v) is 10.1. The zero-order chi connectivity index (χ0) is 21.0. The lowest BCUT2D eigenvalue weighted by Gasteiger charge is -2.48. The second kappa shape index (κ2) is 5.55. The predicted molar refractivity (Wildman–Crippen MR) is 110 cm³/mol. The van der Waals surface area contributed by atoms with E-state index in [4.69, 9.17) is 13.9 Å². The second-order valence-corrected chi connectivity index (χ2v) is 16.0. The highest BCUT2D eigenvalue weighted by Crippen LogP contribution is 2.79. The van der Waals surface area contributed by atoms with Crippen LogP contribution in [-0.2, 0) is 23.5 Å². The highest BCUT2D eigenvalue weighted by Gasteiger charge is 2.83. The summed E-state index contributed by atoms with van der Waals surface area (Å²) in [7, 11) is -0.323. The molecule has 1 heterocycles. The number of carbonyl (C=O) groups excluding carboxylic acids is 2. The number of ether oxygens (including phenoxy) is 2. The van der Waals surface area contributed by atoms with Gasteiger partial charge in [-0.15, -0.1) is 0 Å². The van der Waals surface area contributed by atoms with Gasteiger partial charge in [0.05, 0.1) is 24.0 Å². The number of carbonyl (C=O) groups is 2. The van der Waals surface area contributed by atoms with Crippen LogP contribution in [0.2, 0.25) is 19.6 Å². The van der Waals surface area contributed by atoms with Gasteiger partial charge in [0.2, 0.25) is 0 Å². The summed E-state index contributed by atoms with van der Waals surface area (Å²) in [6.45, 7) is 13.2. The molecule has 1 spiro atoms. The van der Waals surface area contributed by atoms with Crippen molar-refractivity contribution < 1.29 is 23.5 Å². The molecule has 1 aliphatic heterocycles. The average Bonchev–Trinajstić information content (AvgIpc) is 3.02. The topological polar surface area (TPSA) is 61.8 Å². The third-order valence-electron chi connectivity index (χ3n) is 9.06. The van der Waals surface area contributed by atoms with E-state index < -0.39 is 19.3 Å². The molecule has 1 saturated heterocycles. The fraction of sp³-hybridized carbons (Fsp3) is 0.826. The van der Waals surface area contributed by atoms with Crippen LogP contribution in [0.3, 0.4) is 0 Å². The largest absolute Gasteiger partial charge is 0.469 e. The highest BCUT2D eigenvalue weighted by molar-refractivity contribution is 6.69. The molecule has 160 valence electrons. The summed E-state index contributed by atoms with van der Waals surface area (Å²) in [5, 5.41) is 0. The molecule has 0 aromatic heterocycles. The van der Waals surface area contributed by atoms with E-state index in [0.29, 0.717) is 0 Å². The Morgan fingerprint density at radius 1 is 1.24 bits per heavy atom. The first-order valence-electron chi connectivity index (χ1n) is 11.1. The van der Waals surface area contributed by atoms with Crippen molar-refractivity contribution >= 4 is 20.3 Å². The quantitative estimate of drug-likeness (QED) is 0.390. The Morgan fingerprint density at radius 3 is 2.62 bits per heavy atom. The van der Waals surface area contributed by atoms with Crippen LogP contribution in [0.5, 0.6) is 0 Å². The van der Waals surface area contributed by atoms with E-state index in [1.807, 2.05) is 6.92 Å². The van der Waals surface area contributed by atoms with E-state index in [1.54, 1.807) is 0 Å². The first-order chi connectivity index (χ1) is 13.4. The van der Waals surface area contributed by atoms with Crippen molar-refractivity contribution in [1.82, 2.24) is 0 Å². The summed E-state index contributed by atoms with van der Waals surface area (Å²) in [4.78, 5) is 26.3. The van der Waals surface area contributed by atoms with Gasteiger partial charge in [0.25, 0.3) is 0 Å². The van der Waals surface area contributed by atoms with Crippen molar-refractivity contribution in [3.63, 3.8) is 0 Å². The Morgan fingerprint density at radius 2 is 1.97 bits per heavy atom. The van der Waals surface area contributed by atoms with Gasteiger partial charge in [-0.25, -0.2) is 0 Å². The van der Waals surface area contributed by atoms with Gasteiger partial charge in [-0.3, -0.25) is 9.59 Å². The van der Waals surface area contributed by atoms with E-state index in [2.05, 4.69) is 26.2 Å². The Labute approximate surface area is 174 Å². The average molecular weight is 419 g/mol. The van der Waals surface area contributed by atoms with Gasteiger partial charge in [0.1, 0.15) is 5.60 Å². The monoisotopic (exact) mass is 418 g/mol. The van der Waals surface area contributed by atoms with Crippen molar-refractivity contribution in [2.45, 2.75) is 82.7 Å². The molecule has 0 N–H and O–H groups in total. The van der Waals surface area contributed by atoms with Crippen LogP contribution >= 0.6 is 0 Å². The fourth-order valence-corrected chi connectivity index (χ4v) is 10.0. The number of rotatable bonds is 3. The van der Waals surface area contributed by atoms with Crippen LogP contribution in [0.15, 0.2) is 12.2 Å². The molecule has 6 heteroatoms. The zero-order valence-electron chi connectivity index (χ0n) is 18.4. The predicted octanol–water partition coefficient (Wildman–Crippen LogP) is 4.23. The molecular formula is C23H34O5Si. The Balaban J connectivity index is 1.67. The standard InChI is InChI=1S/C23H34O5Si/c1-14-12-21-13-22(14,28-29(4,5)6)11-8-15(21)23-10-7-9-20(2,19(25)27-23)17(23)16(21)18(24)26-3/h15-17H,1,7-13H2,2-6H3/t15-,16-,17-,20?,21+,22+,23-/m1/s1. The van der Waals surface area contributed by atoms with Crippen LogP contribution in [0.1, 0.15) is 51.9 Å². The summed E-state index contributed by atoms with van der Waals surface area (Å²) in [5.74, 6) is -0.504. The minimum absolute atomic E-state index is 0.0951. The SMILES string of the molecule is C=C1C[C@]23C[C@@]1(O[Si](C)(C)C)CC[C@H]2[C@@]12CCCC(C)(C(=O)O1)[C@H]2[C@@H]3C(=O)OC. The molecule has 0 radical (unpaired) electrons. The van der Waals surface area contributed by atoms with Gasteiger partial charge in [-0.1, -0.05) is 6.58 Å². The molecule has 0 amide bonds. The maximum atomic E-state index is 13.3. The summed E-state index contributed by atoms with van der Waals surface area (Å²) in [6, 6.07) is 0. The first-order valence-corrected chi connectivity index (χ1v) is 14.5. The van der Waals surface area contributed by atoms with Crippen molar-refractivity contribution in [2.24, 2.45) is 28.6 Å². The summed E-state index contributed by atoms with van der Waals surface area (Å²) >= 11 is 0. The molecule has 5 nitrogen and oxygen atoms in total. The van der Waals surface area contributed by atoms with Gasteiger partial charge < -0.3 is 13.9 Å². The molecule has 7 atom stereocenters. The van der Waals surface area contributed by atoms with Gasteiger partial charge in [0, 0.05) is 11.8 Å². The Kier molecular flexibility index (Phi) is 3.79. The summed E-state index contributed by atoms with van der Waals surface area (Å²) < 4.78 is 18.5. The van der Waals surface area contributed by atoms with E-state index in [-0.39, 0.29) is 40.7 Å². The molecule has 0 aromatic carbocycles. The molecule has 1 unspecified atom stereocenters. The molecule has 0 aromatic rings. The number of hydrogen-bond acceptors (Lipinski definition) is 5. The third kappa shape index (κ3) is 2.20. The van der Waals surface area contributed by atoms with E-state index >= 15 is 0 Å². The fourth-order valence-electron chi connectivity index (χ4n) is 8.52. The van der Waals surface area contributed by atoms with Gasteiger partial charge >= 0.3 is 11.9 Å². The molecular weight excluding hydrogens is 384 g/mol. The number of esters is 2. The summed E-state index contributed by atoms with van der Waals surface area (Å²) in [5.41, 5.74) is -0.562. The smallest absolute Gasteiger partial charge is 0.312 e. The van der Waals surface area contributed by atoms with E-state index in [0.717, 1.165) is 50.5 Å². The van der Waals surface area contributed by atoms with Crippen molar-refractivity contribution in [1.29, 1.82) is 0 Å². The van der Waals surface area contributed by atoms with Gasteiger partial charge in [-0.2, -0.15) is 0 Å². The minimum atomic E-state index is -1.80. The maximum Gasteiger partial charge on any atom is 0.312 e. The van der Waals surface area contributed by atoms with E-state index in [9.17, 15) is 9.59 Å². The molecule has 29 heavy (non-hydrogen) atoms. The van der Waals surface area contributed by atoms with Crippen molar-refractivity contribution in [3.8, 4) is 0 Å². The zero-order valence-corrected chi connectivity index (χ0v) is 19.4. The molecule has 5 aliphatic rings. The van der Waals surface area contributed by atoms with Crippen LogP contribution in [0.4, 0.5) is 0 Å². The Hall–Kier alpha value is -1.14. The normalized spacial score (nSPS) is 50.2. The molecule has 4 saturated carbocycles. The number of fused-ring (bicyclic) bond motifs is 1. The number of hydrogen-bond donors (Lipinski definition) is 0. The van der Waals surface area contributed by atoms with Gasteiger partial charge in [-0.05, 0) is 82.5 Å². The van der Waals surface area contributed by atoms with Crippen LogP contribution in [0.25, 0.3) is 0 Å². The highest BCUT2D eigenvalue weighted by atomic mass is 28.4. The lowest BCUT2D eigenvalue weighted by Crippen LogP contribution is -2.50. The van der Waals surface area contributed by atoms with Crippen LogP contribution in [0, 0.1) is 28.6 Å².